The van der Waals surface area contributed by atoms with Crippen molar-refractivity contribution in [3.63, 3.8) is 0 Å². The van der Waals surface area contributed by atoms with E-state index in [4.69, 9.17) is 10.5 Å². The van der Waals surface area contributed by atoms with E-state index in [0.29, 0.717) is 26.6 Å². The molecule has 25 nitrogen and oxygen atoms in total. The summed E-state index contributed by atoms with van der Waals surface area (Å²) in [7, 11) is 0. The number of phenols is 2. The summed E-state index contributed by atoms with van der Waals surface area (Å²) in [5, 5.41) is 40.0. The van der Waals surface area contributed by atoms with Crippen molar-refractivity contribution in [3.8, 4) is 22.6 Å². The van der Waals surface area contributed by atoms with Gasteiger partial charge in [0, 0.05) is 92.7 Å². The van der Waals surface area contributed by atoms with E-state index in [2.05, 4.69) is 42.2 Å². The summed E-state index contributed by atoms with van der Waals surface area (Å²) in [6.07, 6.45) is -0.415. The maximum absolute atomic E-state index is 14.4. The highest BCUT2D eigenvalue weighted by molar-refractivity contribution is 7.11. The molecule has 1 aromatic heterocycles. The number of benzene rings is 5. The maximum Gasteiger partial charge on any atom is 0.306 e. The van der Waals surface area contributed by atoms with E-state index in [9.17, 15) is 72.5 Å². The van der Waals surface area contributed by atoms with Crippen molar-refractivity contribution in [2.45, 2.75) is 154 Å². The molecule has 1 aliphatic heterocycles. The number of thiazole rings is 1. The molecule has 8 amide bonds. The van der Waals surface area contributed by atoms with Gasteiger partial charge in [-0.05, 0) is 102 Å². The molecule has 26 heteroatoms. The molecule has 4 bridgehead atoms. The van der Waals surface area contributed by atoms with Gasteiger partial charge in [0.05, 0.1) is 42.0 Å². The van der Waals surface area contributed by atoms with Gasteiger partial charge < -0.3 is 57.9 Å². The highest BCUT2D eigenvalue weighted by Crippen LogP contribution is 2.44. The van der Waals surface area contributed by atoms with Gasteiger partial charge in [0.2, 0.25) is 47.3 Å². The highest BCUT2D eigenvalue weighted by atomic mass is 32.1. The van der Waals surface area contributed by atoms with Gasteiger partial charge >= 0.3 is 5.97 Å². The van der Waals surface area contributed by atoms with Crippen molar-refractivity contribution in [3.05, 3.63) is 171 Å². The van der Waals surface area contributed by atoms with E-state index in [-0.39, 0.29) is 94.8 Å². The van der Waals surface area contributed by atoms with Crippen LogP contribution >= 0.6 is 11.3 Å². The fourth-order valence-electron chi connectivity index (χ4n) is 12.4. The van der Waals surface area contributed by atoms with Gasteiger partial charge in [-0.1, -0.05) is 124 Å². The monoisotopic (exact) mass is 1430 g/mol. The molecule has 6 aromatic rings. The number of primary amides is 1. The van der Waals surface area contributed by atoms with Crippen LogP contribution < -0.4 is 43.0 Å². The van der Waals surface area contributed by atoms with E-state index in [1.54, 1.807) is 67.7 Å². The number of nitrogens with two attached hydrogens (primary N) is 1. The summed E-state index contributed by atoms with van der Waals surface area (Å²) in [6, 6.07) is 29.2. The molecule has 0 fully saturated rings. The van der Waals surface area contributed by atoms with Gasteiger partial charge in [0.25, 0.3) is 0 Å². The second-order valence-electron chi connectivity index (χ2n) is 26.5. The van der Waals surface area contributed by atoms with E-state index in [0.717, 1.165) is 27.8 Å². The lowest BCUT2D eigenvalue weighted by molar-refractivity contribution is -0.147. The number of carbonyl (C=O) groups is 13. The Bertz CT molecular complexity index is 4060. The first kappa shape index (κ1) is 78.0. The van der Waals surface area contributed by atoms with Crippen molar-refractivity contribution in [1.29, 1.82) is 0 Å². The number of nitrogens with zero attached hydrogens (tertiary/aromatic N) is 1. The molecule has 2 heterocycles. The Morgan fingerprint density at radius 1 is 0.689 bits per heavy atom. The van der Waals surface area contributed by atoms with Crippen molar-refractivity contribution in [1.82, 2.24) is 42.2 Å². The predicted molar refractivity (Wildman–Crippen MR) is 381 cm³/mol. The summed E-state index contributed by atoms with van der Waals surface area (Å²) in [5.74, 6) is -12.8. The van der Waals surface area contributed by atoms with Gasteiger partial charge in [0.1, 0.15) is 30.2 Å². The summed E-state index contributed by atoms with van der Waals surface area (Å²) in [6.45, 7) is 6.41. The van der Waals surface area contributed by atoms with Gasteiger partial charge in [-0.3, -0.25) is 62.3 Å². The zero-order chi connectivity index (χ0) is 74.4. The Kier molecular flexibility index (Phi) is 28.2. The number of nitrogens with one attached hydrogen (secondary N) is 7. The van der Waals surface area contributed by atoms with E-state index < -0.39 is 156 Å². The average molecular weight is 1430 g/mol. The number of ketones is 4. The van der Waals surface area contributed by atoms with Crippen molar-refractivity contribution < 1.29 is 77.3 Å². The van der Waals surface area contributed by atoms with Gasteiger partial charge in [-0.25, -0.2) is 4.98 Å². The number of aryl methyl sites for hydroxylation is 1. The molecule has 0 spiro atoms. The number of amides is 8. The quantitative estimate of drug-likeness (QED) is 0.0349. The largest absolute Gasteiger partial charge is 0.508 e. The number of hydrogen-bond donors (Lipinski definition) is 10. The van der Waals surface area contributed by atoms with Crippen molar-refractivity contribution >= 4 is 87.7 Å². The van der Waals surface area contributed by atoms with Crippen LogP contribution in [0.15, 0.2) is 128 Å². The fraction of sp³-hybridized carbons (Fsp3) is 0.403. The lowest BCUT2D eigenvalue weighted by Crippen LogP contribution is -2.53. The van der Waals surface area contributed by atoms with E-state index in [1.807, 2.05) is 48.5 Å². The van der Waals surface area contributed by atoms with Crippen LogP contribution in [0.1, 0.15) is 135 Å². The standard InChI is InChI=1S/C77H89N9O16S/c1-6-60(84-70(95)41-81-74(98)43(2)30-65(90)46(5)83-76(100)52(33-48-20-23-53(87)24-21-48)38-72(96)102-42-59-57-18-12-10-16-55(57)56-17-11-13-19-58(56)59)77(101)86-61-35-49-22-25-64(89)50(34-49)36-54-39-80-71(103-54)29-28-68(93)79-40-62(67(92)37-51(73(78)97)32-47-14-8-7-9-15-47)85-69(94)27-26-63(88)45(4)82-75(99)44(3)31-66(61)91/h7-25,34,39,43-46,51-52,59-62,87,89H,6,26-33,35-38,40-42H2,1-5H3,(H2,78,97)(H,79,93)(H,81,98)(H,82,99)(H,83,100)(H,84,95)(H,85,94)(H,86,101)/t43-,44-,45+,46+,51-,52-,60+,61+,62+/m1/s1. The number of hydrogen-bond acceptors (Lipinski definition) is 18. The van der Waals surface area contributed by atoms with Crippen LogP contribution in [0.5, 0.6) is 11.5 Å². The SMILES string of the molecule is CC[C@H](NC(=O)CNC(=O)[C@H](C)CC(=O)[C@H](C)NC(=O)[C@@H](CC(=O)OCC1c2ccccc2-c2ccccc21)Cc1ccc(O)cc1)C(=O)N[C@H]1Cc2ccc(O)c(c2)Cc2cnc(s2)CCC(=O)NC[C@@H](C(=O)C[C@@H](Cc2ccccc2)C(N)=O)NC(=O)CCC(=O)[C@H](C)NC(=O)[C@H](C)CC1=O. The lowest BCUT2D eigenvalue weighted by Gasteiger charge is -2.24. The number of aromatic nitrogens is 1. The summed E-state index contributed by atoms with van der Waals surface area (Å²) in [4.78, 5) is 182. The summed E-state index contributed by atoms with van der Waals surface area (Å²) >= 11 is 1.27. The number of esters is 1. The Labute approximate surface area is 601 Å². The topological polar surface area (TPSA) is 395 Å². The molecule has 9 atom stereocenters. The molecule has 2 aliphatic rings. The normalized spacial score (nSPS) is 18.5. The minimum absolute atomic E-state index is 0.00492. The zero-order valence-electron chi connectivity index (χ0n) is 58.3. The van der Waals surface area contributed by atoms with Crippen LogP contribution in [0.25, 0.3) is 11.1 Å². The third-order valence-corrected chi connectivity index (χ3v) is 19.5. The van der Waals surface area contributed by atoms with Crippen LogP contribution in [-0.2, 0) is 99.2 Å². The molecule has 0 radical (unpaired) electrons. The third-order valence-electron chi connectivity index (χ3n) is 18.5. The van der Waals surface area contributed by atoms with E-state index in [1.165, 1.54) is 57.2 Å². The number of rotatable bonds is 24. The smallest absolute Gasteiger partial charge is 0.306 e. The number of ether oxygens (including phenoxy) is 1. The molecule has 544 valence electrons. The number of carbonyl (C=O) groups excluding carboxylic acids is 13. The molecule has 5 aromatic carbocycles. The van der Waals surface area contributed by atoms with Gasteiger partial charge in [0.15, 0.2) is 23.1 Å². The average Bonchev–Trinajstić information content (AvgIpc) is 1.62. The minimum Gasteiger partial charge on any atom is -0.508 e. The second-order valence-corrected chi connectivity index (χ2v) is 27.7. The van der Waals surface area contributed by atoms with Crippen LogP contribution in [0.4, 0.5) is 0 Å². The van der Waals surface area contributed by atoms with Gasteiger partial charge in [-0.2, -0.15) is 0 Å². The highest BCUT2D eigenvalue weighted by Gasteiger charge is 2.35. The molecule has 0 saturated heterocycles. The molecule has 0 saturated carbocycles. The van der Waals surface area contributed by atoms with Crippen LogP contribution in [0.2, 0.25) is 0 Å². The predicted octanol–water partition coefficient (Wildman–Crippen LogP) is 5.19. The molecular formula is C77H89N9O16S. The molecule has 0 unspecified atom stereocenters. The van der Waals surface area contributed by atoms with Crippen LogP contribution in [-0.4, -0.2) is 141 Å². The number of Topliss-reactive ketones (excluding diaryl/α,β-unsaturated/α-hetero) is 4. The molecule has 11 N–H and O–H groups in total. The first-order valence-electron chi connectivity index (χ1n) is 34.6. The third kappa shape index (κ3) is 22.9. The summed E-state index contributed by atoms with van der Waals surface area (Å²) in [5.41, 5.74) is 12.1. The Hall–Kier alpha value is -10.8. The Morgan fingerprint density at radius 3 is 2.02 bits per heavy atom. The number of phenolic OH excluding ortho intramolecular Hbond substituents is 2. The van der Waals surface area contributed by atoms with E-state index >= 15 is 0 Å². The number of fused-ring (bicyclic) bond motifs is 7. The van der Waals surface area contributed by atoms with Crippen LogP contribution in [0, 0.1) is 23.7 Å². The number of aromatic hydroxyl groups is 2. The molecular weight excluding hydrogens is 1340 g/mol. The van der Waals surface area contributed by atoms with Crippen molar-refractivity contribution in [2.75, 3.05) is 19.7 Å². The van der Waals surface area contributed by atoms with Crippen molar-refractivity contribution in [2.24, 2.45) is 29.4 Å². The lowest BCUT2D eigenvalue weighted by atomic mass is 9.91. The van der Waals surface area contributed by atoms with Crippen LogP contribution in [0.3, 0.4) is 0 Å². The Balaban J connectivity index is 0.868. The summed E-state index contributed by atoms with van der Waals surface area (Å²) < 4.78 is 5.85. The minimum atomic E-state index is -1.33. The molecule has 103 heavy (non-hydrogen) atoms. The Morgan fingerprint density at radius 2 is 1.34 bits per heavy atom. The molecule has 1 aliphatic carbocycles. The molecule has 8 rings (SSSR count). The van der Waals surface area contributed by atoms with Gasteiger partial charge in [-0.15, -0.1) is 11.3 Å². The first-order valence-corrected chi connectivity index (χ1v) is 35.4. The maximum atomic E-state index is 14.4. The fourth-order valence-corrected chi connectivity index (χ4v) is 13.3. The zero-order valence-corrected chi connectivity index (χ0v) is 59.1. The first-order chi connectivity index (χ1) is 49.2. The second kappa shape index (κ2) is 37.2.